The van der Waals surface area contributed by atoms with Gasteiger partial charge in [0.2, 0.25) is 11.8 Å². The maximum atomic E-state index is 13.2. The smallest absolute Gasteiger partial charge is 0.242 e. The third-order valence-electron chi connectivity index (χ3n) is 4.65. The van der Waals surface area contributed by atoms with Crippen molar-refractivity contribution in [2.75, 3.05) is 22.8 Å². The summed E-state index contributed by atoms with van der Waals surface area (Å²) in [5.74, 6) is -0.816. The number of hydrogen-bond acceptors (Lipinski definition) is 5. The number of halogens is 2. The van der Waals surface area contributed by atoms with Crippen molar-refractivity contribution >= 4 is 64.8 Å². The fourth-order valence-corrected chi connectivity index (χ4v) is 3.26. The number of benzene rings is 3. The van der Waals surface area contributed by atoms with Gasteiger partial charge in [0.15, 0.2) is 5.78 Å². The summed E-state index contributed by atoms with van der Waals surface area (Å²) in [6.45, 7) is 0. The van der Waals surface area contributed by atoms with E-state index >= 15 is 0 Å². The number of nitrogens with two attached hydrogens (primary N) is 1. The molecule has 0 fully saturated rings. The third kappa shape index (κ3) is 7.88. The number of amides is 2. The largest absolute Gasteiger partial charge is 0.325 e. The van der Waals surface area contributed by atoms with Crippen LogP contribution in [-0.2, 0) is 16.0 Å². The molecule has 0 spiro atoms. The lowest BCUT2D eigenvalue weighted by atomic mass is 10.0. The summed E-state index contributed by atoms with van der Waals surface area (Å²) >= 11 is 14.6. The molecule has 3 aromatic rings. The maximum Gasteiger partial charge on any atom is 0.242 e. The number of carbonyl (C=O) groups is 3. The Morgan fingerprint density at radius 3 is 2.21 bits per heavy atom. The summed E-state index contributed by atoms with van der Waals surface area (Å²) in [6.07, 6.45) is 1.59. The number of thiol groups is 1. The van der Waals surface area contributed by atoms with E-state index in [1.165, 1.54) is 12.4 Å². The van der Waals surface area contributed by atoms with Crippen LogP contribution in [0.25, 0.3) is 0 Å². The van der Waals surface area contributed by atoms with Crippen molar-refractivity contribution in [3.05, 3.63) is 94.5 Å². The van der Waals surface area contributed by atoms with Gasteiger partial charge in [0.25, 0.3) is 0 Å². The summed E-state index contributed by atoms with van der Waals surface area (Å²) in [7, 11) is 0. The predicted octanol–water partition coefficient (Wildman–Crippen LogP) is 4.80. The van der Waals surface area contributed by atoms with Gasteiger partial charge in [0, 0.05) is 34.0 Å². The highest BCUT2D eigenvalue weighted by Crippen LogP contribution is 2.24. The highest BCUT2D eigenvalue weighted by molar-refractivity contribution is 7.80. The molecule has 6 nitrogen and oxygen atoms in total. The fourth-order valence-electron chi connectivity index (χ4n) is 2.96. The molecule has 34 heavy (non-hydrogen) atoms. The van der Waals surface area contributed by atoms with Crippen LogP contribution in [0.15, 0.2) is 72.8 Å². The molecule has 0 aliphatic heterocycles. The Kier molecular flexibility index (Phi) is 11.1. The number of rotatable bonds is 8. The second-order valence-corrected chi connectivity index (χ2v) is 7.89. The van der Waals surface area contributed by atoms with Gasteiger partial charge in [-0.3, -0.25) is 14.4 Å². The first kappa shape index (κ1) is 27.4. The Morgan fingerprint density at radius 2 is 1.59 bits per heavy atom. The molecule has 1 unspecified atom stereocenters. The van der Waals surface area contributed by atoms with Crippen LogP contribution in [0.1, 0.15) is 21.5 Å². The minimum Gasteiger partial charge on any atom is -0.325 e. The van der Waals surface area contributed by atoms with Gasteiger partial charge in [-0.2, -0.15) is 12.6 Å². The van der Waals surface area contributed by atoms with E-state index in [2.05, 4.69) is 34.9 Å². The molecular formula is C25H25Cl2N3O3S. The lowest BCUT2D eigenvalue weighted by Crippen LogP contribution is -2.37. The van der Waals surface area contributed by atoms with Crippen LogP contribution >= 0.6 is 35.8 Å². The van der Waals surface area contributed by atoms with Crippen molar-refractivity contribution in [1.82, 2.24) is 0 Å². The Balaban J connectivity index is 0.00000199. The summed E-state index contributed by atoms with van der Waals surface area (Å²) < 4.78 is 0. The van der Waals surface area contributed by atoms with Gasteiger partial charge in [-0.25, -0.2) is 0 Å². The molecule has 0 aromatic heterocycles. The second-order valence-electron chi connectivity index (χ2n) is 7.09. The van der Waals surface area contributed by atoms with E-state index in [9.17, 15) is 14.4 Å². The lowest BCUT2D eigenvalue weighted by Gasteiger charge is -2.15. The van der Waals surface area contributed by atoms with Gasteiger partial charge >= 0.3 is 0 Å². The first-order chi connectivity index (χ1) is 16.4. The molecule has 0 heterocycles. The quantitative estimate of drug-likeness (QED) is 0.196. The molecule has 0 aliphatic rings. The monoisotopic (exact) mass is 517 g/mol. The summed E-state index contributed by atoms with van der Waals surface area (Å²) in [4.78, 5) is 37.9. The zero-order valence-corrected chi connectivity index (χ0v) is 20.8. The number of ketones is 1. The third-order valence-corrected chi connectivity index (χ3v) is 5.30. The van der Waals surface area contributed by atoms with Crippen molar-refractivity contribution in [1.29, 1.82) is 0 Å². The lowest BCUT2D eigenvalue weighted by molar-refractivity contribution is -0.117. The Hall–Kier alpha value is -2.84. The first-order valence-corrected chi connectivity index (χ1v) is 12.0. The van der Waals surface area contributed by atoms with Gasteiger partial charge in [-0.15, -0.1) is 11.6 Å². The summed E-state index contributed by atoms with van der Waals surface area (Å²) in [5, 5.41) is 6.05. The van der Waals surface area contributed by atoms with Crippen LogP contribution < -0.4 is 16.4 Å². The van der Waals surface area contributed by atoms with Gasteiger partial charge in [0.1, 0.15) is 0 Å². The van der Waals surface area contributed by atoms with Crippen molar-refractivity contribution < 1.29 is 14.4 Å². The average Bonchev–Trinajstić information content (AvgIpc) is 2.87. The zero-order valence-electron chi connectivity index (χ0n) is 18.4. The molecule has 0 bridgehead atoms. The van der Waals surface area contributed by atoms with Crippen molar-refractivity contribution in [3.63, 3.8) is 0 Å². The number of nitrogens with one attached hydrogen (secondary N) is 2. The van der Waals surface area contributed by atoms with E-state index in [4.69, 9.17) is 17.3 Å². The van der Waals surface area contributed by atoms with Gasteiger partial charge in [-0.05, 0) is 35.9 Å². The van der Waals surface area contributed by atoms with Crippen molar-refractivity contribution in [3.8, 4) is 0 Å². The molecule has 3 rings (SSSR count). The minimum atomic E-state index is -0.787. The molecule has 1 atom stereocenters. The van der Waals surface area contributed by atoms with Crippen LogP contribution in [0.5, 0.6) is 0 Å². The molecule has 0 radical (unpaired) electrons. The number of alkyl halides is 1. The Morgan fingerprint density at radius 1 is 0.941 bits per heavy atom. The minimum absolute atomic E-state index is 0.116. The summed E-state index contributed by atoms with van der Waals surface area (Å²) in [5.41, 5.74) is 7.93. The second kappa shape index (κ2) is 13.8. The Labute approximate surface area is 214 Å². The molecule has 2 amide bonds. The predicted molar refractivity (Wildman–Crippen MR) is 142 cm³/mol. The molecule has 3 aromatic carbocycles. The molecule has 0 saturated carbocycles. The van der Waals surface area contributed by atoms with Crippen LogP contribution in [-0.4, -0.2) is 35.8 Å². The van der Waals surface area contributed by atoms with E-state index in [1.807, 2.05) is 0 Å². The molecule has 9 heteroatoms. The van der Waals surface area contributed by atoms with Crippen LogP contribution in [0.2, 0.25) is 5.02 Å². The molecule has 4 N–H and O–H groups in total. The normalized spacial score (nSPS) is 11.0. The Bertz CT molecular complexity index is 1130. The highest BCUT2D eigenvalue weighted by atomic mass is 35.5. The van der Waals surface area contributed by atoms with Gasteiger partial charge in [-0.1, -0.05) is 54.1 Å². The SMILES string of the molecule is CCl.NC(CS)C(=O)Nc1ccc(NC(=O)Cc2ccc(Cl)cc2)c(C(=O)c2ccccc2)c1. The maximum absolute atomic E-state index is 13.2. The van der Waals surface area contributed by atoms with E-state index in [-0.39, 0.29) is 29.4 Å². The van der Waals surface area contributed by atoms with Crippen molar-refractivity contribution in [2.45, 2.75) is 12.5 Å². The van der Waals surface area contributed by atoms with E-state index in [0.29, 0.717) is 22.0 Å². The summed E-state index contributed by atoms with van der Waals surface area (Å²) in [6, 6.07) is 19.6. The zero-order chi connectivity index (χ0) is 25.1. The van der Waals surface area contributed by atoms with E-state index < -0.39 is 11.9 Å². The van der Waals surface area contributed by atoms with Crippen LogP contribution in [0.3, 0.4) is 0 Å². The van der Waals surface area contributed by atoms with Crippen LogP contribution in [0.4, 0.5) is 11.4 Å². The molecule has 0 aliphatic carbocycles. The fraction of sp³-hybridized carbons (Fsp3) is 0.160. The van der Waals surface area contributed by atoms with Gasteiger partial charge in [0.05, 0.1) is 18.2 Å². The standard InChI is InChI=1S/C24H22ClN3O3S.CH3Cl/c25-17-8-6-15(7-9-17)12-22(29)28-21-11-10-18(27-24(31)20(26)14-32)13-19(21)23(30)16-4-2-1-3-5-16;1-2/h1-11,13,20,32H,12,14,26H2,(H,27,31)(H,28,29);1H3. The van der Waals surface area contributed by atoms with Crippen molar-refractivity contribution in [2.24, 2.45) is 5.73 Å². The number of carbonyl (C=O) groups excluding carboxylic acids is 3. The topological polar surface area (TPSA) is 101 Å². The molecule has 0 saturated heterocycles. The molecule has 178 valence electrons. The number of hydrogen-bond donors (Lipinski definition) is 4. The average molecular weight is 518 g/mol. The molecular weight excluding hydrogens is 493 g/mol. The van der Waals surface area contributed by atoms with E-state index in [1.54, 1.807) is 66.7 Å². The highest BCUT2D eigenvalue weighted by Gasteiger charge is 2.18. The first-order valence-electron chi connectivity index (χ1n) is 10.2. The van der Waals surface area contributed by atoms with Gasteiger partial charge < -0.3 is 16.4 Å². The number of anilines is 2. The van der Waals surface area contributed by atoms with Crippen LogP contribution in [0, 0.1) is 0 Å². The van der Waals surface area contributed by atoms with E-state index in [0.717, 1.165) is 5.56 Å².